The van der Waals surface area contributed by atoms with Crippen LogP contribution in [0.2, 0.25) is 0 Å². The van der Waals surface area contributed by atoms with E-state index < -0.39 is 0 Å². The first-order chi connectivity index (χ1) is 8.70. The van der Waals surface area contributed by atoms with Crippen molar-refractivity contribution in [3.8, 4) is 0 Å². The van der Waals surface area contributed by atoms with Gasteiger partial charge in [0.05, 0.1) is 11.0 Å². The van der Waals surface area contributed by atoms with Crippen LogP contribution < -0.4 is 0 Å². The molecule has 0 saturated carbocycles. The average molecular weight is 305 g/mol. The Labute approximate surface area is 112 Å². The van der Waals surface area contributed by atoms with Gasteiger partial charge in [0.2, 0.25) is 0 Å². The molecular weight excluding hydrogens is 295 g/mol. The summed E-state index contributed by atoms with van der Waals surface area (Å²) in [5, 5.41) is 0. The predicted octanol–water partition coefficient (Wildman–Crippen LogP) is 4.06. The van der Waals surface area contributed by atoms with Crippen molar-refractivity contribution in [3.63, 3.8) is 0 Å². The summed E-state index contributed by atoms with van der Waals surface area (Å²) in [6.45, 7) is 0. The predicted molar refractivity (Wildman–Crippen MR) is 73.0 cm³/mol. The number of aromatic amines is 1. The van der Waals surface area contributed by atoms with Crippen molar-refractivity contribution in [2.45, 2.75) is 6.42 Å². The fourth-order valence-electron chi connectivity index (χ4n) is 1.91. The van der Waals surface area contributed by atoms with Crippen LogP contribution in [0.5, 0.6) is 0 Å². The zero-order valence-corrected chi connectivity index (χ0v) is 11.0. The number of fused-ring (bicyclic) bond motifs is 1. The van der Waals surface area contributed by atoms with E-state index >= 15 is 0 Å². The van der Waals surface area contributed by atoms with Crippen LogP contribution in [0.25, 0.3) is 11.0 Å². The number of nitrogens with zero attached hydrogens (tertiary/aromatic N) is 1. The molecule has 1 aromatic heterocycles. The average Bonchev–Trinajstić information content (AvgIpc) is 2.73. The van der Waals surface area contributed by atoms with Crippen LogP contribution in [0.15, 0.2) is 46.9 Å². The minimum atomic E-state index is -0.249. The maximum atomic E-state index is 13.1. The summed E-state index contributed by atoms with van der Waals surface area (Å²) in [7, 11) is 0. The second-order valence-electron chi connectivity index (χ2n) is 4.15. The highest BCUT2D eigenvalue weighted by Crippen LogP contribution is 2.16. The third-order valence-corrected chi connectivity index (χ3v) is 3.31. The Morgan fingerprint density at radius 1 is 1.11 bits per heavy atom. The number of benzene rings is 2. The Hall–Kier alpha value is -1.68. The molecule has 0 amide bonds. The first-order valence-electron chi connectivity index (χ1n) is 5.59. The molecule has 0 saturated heterocycles. The number of nitrogens with one attached hydrogen (secondary N) is 1. The van der Waals surface area contributed by atoms with E-state index in [-0.39, 0.29) is 5.82 Å². The fourth-order valence-corrected chi connectivity index (χ4v) is 2.18. The van der Waals surface area contributed by atoms with Crippen molar-refractivity contribution in [2.24, 2.45) is 0 Å². The van der Waals surface area contributed by atoms with Crippen LogP contribution in [-0.4, -0.2) is 9.97 Å². The van der Waals surface area contributed by atoms with E-state index in [1.54, 1.807) is 6.07 Å². The number of halogens is 2. The Kier molecular flexibility index (Phi) is 2.88. The largest absolute Gasteiger partial charge is 0.342 e. The molecule has 90 valence electrons. The Morgan fingerprint density at radius 2 is 1.89 bits per heavy atom. The van der Waals surface area contributed by atoms with Gasteiger partial charge in [-0.3, -0.25) is 0 Å². The van der Waals surface area contributed by atoms with E-state index in [1.807, 2.05) is 24.3 Å². The zero-order chi connectivity index (χ0) is 12.5. The van der Waals surface area contributed by atoms with E-state index in [0.717, 1.165) is 26.9 Å². The molecule has 2 nitrogen and oxygen atoms in total. The van der Waals surface area contributed by atoms with Gasteiger partial charge in [0.1, 0.15) is 11.6 Å². The summed E-state index contributed by atoms with van der Waals surface area (Å²) in [6.07, 6.45) is 0.712. The van der Waals surface area contributed by atoms with Crippen LogP contribution in [0.4, 0.5) is 4.39 Å². The second kappa shape index (κ2) is 4.53. The molecule has 0 radical (unpaired) electrons. The molecule has 0 bridgehead atoms. The lowest BCUT2D eigenvalue weighted by Gasteiger charge is -1.97. The minimum absolute atomic E-state index is 0.249. The van der Waals surface area contributed by atoms with Crippen LogP contribution >= 0.6 is 15.9 Å². The maximum absolute atomic E-state index is 13.1. The van der Waals surface area contributed by atoms with Gasteiger partial charge in [0.25, 0.3) is 0 Å². The maximum Gasteiger partial charge on any atom is 0.125 e. The molecule has 2 aromatic carbocycles. The third-order valence-electron chi connectivity index (χ3n) is 2.78. The molecule has 0 aliphatic heterocycles. The highest BCUT2D eigenvalue weighted by atomic mass is 79.9. The van der Waals surface area contributed by atoms with Crippen molar-refractivity contribution in [3.05, 3.63) is 64.1 Å². The van der Waals surface area contributed by atoms with Crippen LogP contribution in [0.1, 0.15) is 11.4 Å². The molecule has 1 heterocycles. The topological polar surface area (TPSA) is 28.7 Å². The summed E-state index contributed by atoms with van der Waals surface area (Å²) in [5.41, 5.74) is 2.70. The molecular formula is C14H10BrFN2. The highest BCUT2D eigenvalue weighted by molar-refractivity contribution is 9.10. The van der Waals surface area contributed by atoms with Gasteiger partial charge in [0, 0.05) is 10.9 Å². The van der Waals surface area contributed by atoms with Crippen LogP contribution in [0, 0.1) is 5.82 Å². The van der Waals surface area contributed by atoms with E-state index in [1.165, 1.54) is 12.1 Å². The number of hydrogen-bond acceptors (Lipinski definition) is 1. The number of imidazole rings is 1. The van der Waals surface area contributed by atoms with Crippen LogP contribution in [0.3, 0.4) is 0 Å². The zero-order valence-electron chi connectivity index (χ0n) is 9.45. The monoisotopic (exact) mass is 304 g/mol. The second-order valence-corrected chi connectivity index (χ2v) is 5.06. The Balaban J connectivity index is 1.92. The normalized spacial score (nSPS) is 11.0. The highest BCUT2D eigenvalue weighted by Gasteiger charge is 2.04. The van der Waals surface area contributed by atoms with Gasteiger partial charge >= 0.3 is 0 Å². The first-order valence-corrected chi connectivity index (χ1v) is 6.38. The minimum Gasteiger partial charge on any atom is -0.342 e. The number of rotatable bonds is 2. The smallest absolute Gasteiger partial charge is 0.125 e. The summed E-state index contributed by atoms with van der Waals surface area (Å²) < 4.78 is 14.1. The number of H-pyrrole nitrogens is 1. The van der Waals surface area contributed by atoms with E-state index in [0.29, 0.717) is 6.42 Å². The molecule has 0 spiro atoms. The molecule has 0 atom stereocenters. The first kappa shape index (κ1) is 11.4. The van der Waals surface area contributed by atoms with Gasteiger partial charge in [-0.15, -0.1) is 0 Å². The summed E-state index contributed by atoms with van der Waals surface area (Å²) in [6, 6.07) is 12.7. The van der Waals surface area contributed by atoms with Gasteiger partial charge in [-0.05, 0) is 35.9 Å². The van der Waals surface area contributed by atoms with E-state index in [4.69, 9.17) is 0 Å². The van der Waals surface area contributed by atoms with Crippen molar-refractivity contribution in [1.82, 2.24) is 9.97 Å². The third kappa shape index (κ3) is 2.29. The van der Waals surface area contributed by atoms with E-state index in [2.05, 4.69) is 25.9 Å². The van der Waals surface area contributed by atoms with Gasteiger partial charge in [-0.1, -0.05) is 28.1 Å². The van der Waals surface area contributed by atoms with Gasteiger partial charge in [-0.2, -0.15) is 0 Å². The standard InChI is InChI=1S/C14H10BrFN2/c15-10-3-1-9(2-4-10)7-14-17-12-6-5-11(16)8-13(12)18-14/h1-6,8H,7H2,(H,17,18). The van der Waals surface area contributed by atoms with E-state index in [9.17, 15) is 4.39 Å². The van der Waals surface area contributed by atoms with Gasteiger partial charge in [0.15, 0.2) is 0 Å². The van der Waals surface area contributed by atoms with Gasteiger partial charge < -0.3 is 4.98 Å². The van der Waals surface area contributed by atoms with Crippen molar-refractivity contribution in [2.75, 3.05) is 0 Å². The SMILES string of the molecule is Fc1ccc2nc(Cc3ccc(Br)cc3)[nH]c2c1. The number of aromatic nitrogens is 2. The molecule has 0 aliphatic rings. The lowest BCUT2D eigenvalue weighted by atomic mass is 10.1. The quantitative estimate of drug-likeness (QED) is 0.760. The molecule has 0 fully saturated rings. The number of hydrogen-bond donors (Lipinski definition) is 1. The summed E-state index contributed by atoms with van der Waals surface area (Å²) in [5.74, 6) is 0.597. The molecule has 3 rings (SSSR count). The van der Waals surface area contributed by atoms with Gasteiger partial charge in [-0.25, -0.2) is 9.37 Å². The lowest BCUT2D eigenvalue weighted by Crippen LogP contribution is -1.89. The van der Waals surface area contributed by atoms with Crippen LogP contribution in [-0.2, 0) is 6.42 Å². The molecule has 1 N–H and O–H groups in total. The van der Waals surface area contributed by atoms with Crippen molar-refractivity contribution < 1.29 is 4.39 Å². The molecule has 0 aliphatic carbocycles. The summed E-state index contributed by atoms with van der Waals surface area (Å²) >= 11 is 3.40. The molecule has 4 heteroatoms. The van der Waals surface area contributed by atoms with Crippen molar-refractivity contribution in [1.29, 1.82) is 0 Å². The molecule has 0 unspecified atom stereocenters. The Bertz CT molecular complexity index is 689. The van der Waals surface area contributed by atoms with Crippen molar-refractivity contribution >= 4 is 27.0 Å². The lowest BCUT2D eigenvalue weighted by molar-refractivity contribution is 0.629. The molecule has 3 aromatic rings. The molecule has 18 heavy (non-hydrogen) atoms. The summed E-state index contributed by atoms with van der Waals surface area (Å²) in [4.78, 5) is 7.57. The Morgan fingerprint density at radius 3 is 2.67 bits per heavy atom. The fraction of sp³-hybridized carbons (Fsp3) is 0.0714.